The number of hydrogen-bond donors (Lipinski definition) is 1. The molecule has 27 heavy (non-hydrogen) atoms. The molecule has 1 N–H and O–H groups in total. The van der Waals surface area contributed by atoms with E-state index in [2.05, 4.69) is 4.72 Å². The van der Waals surface area contributed by atoms with Gasteiger partial charge < -0.3 is 9.64 Å². The van der Waals surface area contributed by atoms with Crippen molar-refractivity contribution in [2.75, 3.05) is 24.9 Å². The number of halogens is 2. The summed E-state index contributed by atoms with van der Waals surface area (Å²) in [4.78, 5) is 14.4. The van der Waals surface area contributed by atoms with Crippen molar-refractivity contribution in [1.82, 2.24) is 4.90 Å². The van der Waals surface area contributed by atoms with Crippen LogP contribution in [-0.2, 0) is 10.0 Å². The average Bonchev–Trinajstić information content (AvgIpc) is 3.18. The van der Waals surface area contributed by atoms with Crippen LogP contribution in [-0.4, -0.2) is 39.4 Å². The fourth-order valence-electron chi connectivity index (χ4n) is 2.89. The Balaban J connectivity index is 1.96. The van der Waals surface area contributed by atoms with Gasteiger partial charge in [0.05, 0.1) is 28.3 Å². The fourth-order valence-corrected chi connectivity index (χ4v) is 4.38. The minimum absolute atomic E-state index is 0.0677. The van der Waals surface area contributed by atoms with Gasteiger partial charge in [0.2, 0.25) is 0 Å². The van der Waals surface area contributed by atoms with Crippen LogP contribution in [0.4, 0.5) is 5.69 Å². The first-order valence-corrected chi connectivity index (χ1v) is 10.5. The molecule has 0 radical (unpaired) electrons. The van der Waals surface area contributed by atoms with Crippen molar-refractivity contribution in [3.8, 4) is 5.75 Å². The summed E-state index contributed by atoms with van der Waals surface area (Å²) < 4.78 is 33.2. The predicted octanol–water partition coefficient (Wildman–Crippen LogP) is 4.04. The lowest BCUT2D eigenvalue weighted by atomic mass is 10.1. The molecular weight excluding hydrogens is 411 g/mol. The zero-order valence-corrected chi connectivity index (χ0v) is 16.9. The Kier molecular flexibility index (Phi) is 5.83. The molecule has 1 aliphatic rings. The van der Waals surface area contributed by atoms with Gasteiger partial charge >= 0.3 is 0 Å². The Hall–Kier alpha value is -1.96. The maximum Gasteiger partial charge on any atom is 0.261 e. The van der Waals surface area contributed by atoms with E-state index >= 15 is 0 Å². The standard InChI is InChI=1S/C18H18Cl2N2O4S/c1-26-17-7-5-13(11-14(17)18(23)22-8-2-3-9-22)27(24,25)21-16-10-12(19)4-6-15(16)20/h4-7,10-11,21H,2-3,8-9H2,1H3. The molecule has 0 aliphatic carbocycles. The van der Waals surface area contributed by atoms with E-state index in [0.29, 0.717) is 23.9 Å². The Morgan fingerprint density at radius 2 is 1.81 bits per heavy atom. The number of amides is 1. The number of nitrogens with one attached hydrogen (secondary N) is 1. The first kappa shape index (κ1) is 19.8. The van der Waals surface area contributed by atoms with E-state index in [-0.39, 0.29) is 27.1 Å². The maximum atomic E-state index is 12.8. The number of likely N-dealkylation sites (tertiary alicyclic amines) is 1. The summed E-state index contributed by atoms with van der Waals surface area (Å²) in [7, 11) is -2.54. The monoisotopic (exact) mass is 428 g/mol. The molecule has 0 saturated carbocycles. The number of benzene rings is 2. The molecule has 2 aromatic rings. The number of sulfonamides is 1. The van der Waals surface area contributed by atoms with Crippen molar-refractivity contribution in [3.63, 3.8) is 0 Å². The Morgan fingerprint density at radius 3 is 2.48 bits per heavy atom. The van der Waals surface area contributed by atoms with E-state index in [1.54, 1.807) is 11.0 Å². The highest BCUT2D eigenvalue weighted by atomic mass is 35.5. The Bertz CT molecular complexity index is 973. The lowest BCUT2D eigenvalue weighted by Gasteiger charge is -2.18. The number of anilines is 1. The van der Waals surface area contributed by atoms with Crippen LogP contribution in [0.5, 0.6) is 5.75 Å². The first-order chi connectivity index (χ1) is 12.8. The predicted molar refractivity (Wildman–Crippen MR) is 105 cm³/mol. The molecule has 0 bridgehead atoms. The van der Waals surface area contributed by atoms with Crippen molar-refractivity contribution < 1.29 is 17.9 Å². The number of ether oxygens (including phenoxy) is 1. The van der Waals surface area contributed by atoms with Gasteiger partial charge in [-0.15, -0.1) is 0 Å². The molecule has 6 nitrogen and oxygen atoms in total. The van der Waals surface area contributed by atoms with Crippen molar-refractivity contribution in [2.24, 2.45) is 0 Å². The van der Waals surface area contributed by atoms with Crippen LogP contribution in [0, 0.1) is 0 Å². The molecule has 1 amide bonds. The largest absolute Gasteiger partial charge is 0.496 e. The lowest BCUT2D eigenvalue weighted by Crippen LogP contribution is -2.28. The number of nitrogens with zero attached hydrogens (tertiary/aromatic N) is 1. The molecule has 1 fully saturated rings. The van der Waals surface area contributed by atoms with Crippen LogP contribution in [0.3, 0.4) is 0 Å². The Morgan fingerprint density at radius 1 is 1.11 bits per heavy atom. The van der Waals surface area contributed by atoms with Gasteiger partial charge in [-0.2, -0.15) is 0 Å². The third kappa shape index (κ3) is 4.31. The van der Waals surface area contributed by atoms with Crippen molar-refractivity contribution in [2.45, 2.75) is 17.7 Å². The van der Waals surface area contributed by atoms with Gasteiger partial charge in [-0.25, -0.2) is 8.42 Å². The van der Waals surface area contributed by atoms with Crippen LogP contribution in [0.15, 0.2) is 41.3 Å². The summed E-state index contributed by atoms with van der Waals surface area (Å²) in [5.41, 5.74) is 0.367. The topological polar surface area (TPSA) is 75.7 Å². The molecule has 2 aromatic carbocycles. The second kappa shape index (κ2) is 7.96. The summed E-state index contributed by atoms with van der Waals surface area (Å²) in [5.74, 6) is 0.0776. The van der Waals surface area contributed by atoms with Crippen LogP contribution in [0.2, 0.25) is 10.0 Å². The molecular formula is C18H18Cl2N2O4S. The SMILES string of the molecule is COc1ccc(S(=O)(=O)Nc2cc(Cl)ccc2Cl)cc1C(=O)N1CCCC1. The minimum atomic E-state index is -3.98. The summed E-state index contributed by atoms with van der Waals surface area (Å²) >= 11 is 11.9. The lowest BCUT2D eigenvalue weighted by molar-refractivity contribution is 0.0789. The van der Waals surface area contributed by atoms with E-state index in [4.69, 9.17) is 27.9 Å². The summed E-state index contributed by atoms with van der Waals surface area (Å²) in [6, 6.07) is 8.64. The van der Waals surface area contributed by atoms with E-state index in [1.807, 2.05) is 0 Å². The second-order valence-electron chi connectivity index (χ2n) is 6.09. The number of rotatable bonds is 5. The van der Waals surface area contributed by atoms with Gasteiger partial charge in [0.1, 0.15) is 5.75 Å². The molecule has 0 spiro atoms. The second-order valence-corrected chi connectivity index (χ2v) is 8.62. The minimum Gasteiger partial charge on any atom is -0.496 e. The molecule has 3 rings (SSSR count). The van der Waals surface area contributed by atoms with Crippen LogP contribution >= 0.6 is 23.2 Å². The van der Waals surface area contributed by atoms with Crippen LogP contribution in [0.1, 0.15) is 23.2 Å². The number of hydrogen-bond acceptors (Lipinski definition) is 4. The normalized spacial score (nSPS) is 14.3. The zero-order chi connectivity index (χ0) is 19.6. The maximum absolute atomic E-state index is 12.8. The van der Waals surface area contributed by atoms with Gasteiger partial charge in [0.25, 0.3) is 15.9 Å². The Labute approximate surface area is 168 Å². The van der Waals surface area contributed by atoms with Gasteiger partial charge in [-0.1, -0.05) is 23.2 Å². The number of carbonyl (C=O) groups excluding carboxylic acids is 1. The van der Waals surface area contributed by atoms with Gasteiger partial charge in [0.15, 0.2) is 0 Å². The third-order valence-corrected chi connectivity index (χ3v) is 6.21. The smallest absolute Gasteiger partial charge is 0.261 e. The molecule has 0 aromatic heterocycles. The first-order valence-electron chi connectivity index (χ1n) is 8.27. The van der Waals surface area contributed by atoms with Gasteiger partial charge in [0, 0.05) is 18.1 Å². The molecule has 0 atom stereocenters. The number of carbonyl (C=O) groups is 1. The zero-order valence-electron chi connectivity index (χ0n) is 14.5. The average molecular weight is 429 g/mol. The molecule has 144 valence electrons. The van der Waals surface area contributed by atoms with Crippen LogP contribution < -0.4 is 9.46 Å². The van der Waals surface area contributed by atoms with Crippen molar-refractivity contribution in [1.29, 1.82) is 0 Å². The number of methoxy groups -OCH3 is 1. The quantitative estimate of drug-likeness (QED) is 0.779. The summed E-state index contributed by atoms with van der Waals surface area (Å²) in [6.07, 6.45) is 1.86. The molecule has 9 heteroatoms. The van der Waals surface area contributed by atoms with Crippen molar-refractivity contribution in [3.05, 3.63) is 52.0 Å². The highest BCUT2D eigenvalue weighted by Gasteiger charge is 2.25. The summed E-state index contributed by atoms with van der Waals surface area (Å²) in [5, 5.41) is 0.557. The molecule has 1 aliphatic heterocycles. The van der Waals surface area contributed by atoms with Crippen LogP contribution in [0.25, 0.3) is 0 Å². The summed E-state index contributed by atoms with van der Waals surface area (Å²) in [6.45, 7) is 1.30. The fraction of sp³-hybridized carbons (Fsp3) is 0.278. The highest BCUT2D eigenvalue weighted by Crippen LogP contribution is 2.30. The highest BCUT2D eigenvalue weighted by molar-refractivity contribution is 7.92. The third-order valence-electron chi connectivity index (χ3n) is 4.28. The van der Waals surface area contributed by atoms with E-state index in [9.17, 15) is 13.2 Å². The van der Waals surface area contributed by atoms with Crippen molar-refractivity contribution >= 4 is 44.8 Å². The van der Waals surface area contributed by atoms with E-state index in [0.717, 1.165) is 12.8 Å². The van der Waals surface area contributed by atoms with E-state index in [1.165, 1.54) is 37.4 Å². The molecule has 1 saturated heterocycles. The van der Waals surface area contributed by atoms with E-state index < -0.39 is 10.0 Å². The molecule has 0 unspecified atom stereocenters. The van der Waals surface area contributed by atoms with Gasteiger partial charge in [-0.3, -0.25) is 9.52 Å². The van der Waals surface area contributed by atoms with Gasteiger partial charge in [-0.05, 0) is 49.2 Å². The molecule has 1 heterocycles.